The lowest BCUT2D eigenvalue weighted by Crippen LogP contribution is -2.09. The van der Waals surface area contributed by atoms with Gasteiger partial charge in [0, 0.05) is 25.4 Å². The number of nitrogens with zero attached hydrogens (tertiary/aromatic N) is 4. The summed E-state index contributed by atoms with van der Waals surface area (Å²) < 4.78 is 1.99. The third-order valence-corrected chi connectivity index (χ3v) is 2.49. The lowest BCUT2D eigenvalue weighted by Gasteiger charge is -2.06. The van der Waals surface area contributed by atoms with Crippen molar-refractivity contribution in [2.75, 3.05) is 7.05 Å². The van der Waals surface area contributed by atoms with Crippen molar-refractivity contribution in [3.8, 4) is 5.82 Å². The molecular weight excluding hydrogens is 214 g/mol. The SMILES string of the molecule is CCCc1nccn1-c1cnc(CNC)cn1. The molecule has 5 heteroatoms. The Morgan fingerprint density at radius 1 is 1.24 bits per heavy atom. The number of imidazole rings is 1. The third kappa shape index (κ3) is 2.68. The molecule has 0 atom stereocenters. The summed E-state index contributed by atoms with van der Waals surface area (Å²) in [4.78, 5) is 13.1. The number of hydrogen-bond acceptors (Lipinski definition) is 4. The van der Waals surface area contributed by atoms with Gasteiger partial charge in [-0.25, -0.2) is 9.97 Å². The van der Waals surface area contributed by atoms with Gasteiger partial charge in [0.2, 0.25) is 0 Å². The molecule has 0 fully saturated rings. The van der Waals surface area contributed by atoms with E-state index in [0.717, 1.165) is 36.7 Å². The Hall–Kier alpha value is -1.75. The van der Waals surface area contributed by atoms with Crippen molar-refractivity contribution in [2.45, 2.75) is 26.3 Å². The molecule has 90 valence electrons. The minimum absolute atomic E-state index is 0.735. The molecular formula is C12H17N5. The highest BCUT2D eigenvalue weighted by molar-refractivity contribution is 5.21. The van der Waals surface area contributed by atoms with E-state index in [-0.39, 0.29) is 0 Å². The van der Waals surface area contributed by atoms with E-state index < -0.39 is 0 Å². The molecule has 17 heavy (non-hydrogen) atoms. The monoisotopic (exact) mass is 231 g/mol. The number of hydrogen-bond donors (Lipinski definition) is 1. The topological polar surface area (TPSA) is 55.6 Å². The van der Waals surface area contributed by atoms with Crippen molar-refractivity contribution in [3.05, 3.63) is 36.3 Å². The summed E-state index contributed by atoms with van der Waals surface area (Å²) in [5.74, 6) is 1.86. The fourth-order valence-electron chi connectivity index (χ4n) is 1.70. The summed E-state index contributed by atoms with van der Waals surface area (Å²) in [6.07, 6.45) is 9.32. The minimum atomic E-state index is 0.735. The Kier molecular flexibility index (Phi) is 3.82. The van der Waals surface area contributed by atoms with Gasteiger partial charge < -0.3 is 5.32 Å². The third-order valence-electron chi connectivity index (χ3n) is 2.49. The van der Waals surface area contributed by atoms with Crippen molar-refractivity contribution >= 4 is 0 Å². The number of nitrogens with one attached hydrogen (secondary N) is 1. The first-order chi connectivity index (χ1) is 8.35. The highest BCUT2D eigenvalue weighted by atomic mass is 15.1. The van der Waals surface area contributed by atoms with Gasteiger partial charge >= 0.3 is 0 Å². The molecule has 0 saturated carbocycles. The molecule has 1 N–H and O–H groups in total. The lowest BCUT2D eigenvalue weighted by molar-refractivity contribution is 0.767. The quantitative estimate of drug-likeness (QED) is 0.843. The molecule has 0 aliphatic carbocycles. The molecule has 2 heterocycles. The van der Waals surface area contributed by atoms with Gasteiger partial charge in [0.05, 0.1) is 18.1 Å². The molecule has 0 amide bonds. The van der Waals surface area contributed by atoms with Crippen LogP contribution >= 0.6 is 0 Å². The van der Waals surface area contributed by atoms with Crippen molar-refractivity contribution in [1.82, 2.24) is 24.8 Å². The molecule has 0 saturated heterocycles. The van der Waals surface area contributed by atoms with E-state index in [9.17, 15) is 0 Å². The van der Waals surface area contributed by atoms with Crippen LogP contribution in [0, 0.1) is 0 Å². The van der Waals surface area contributed by atoms with Crippen LogP contribution in [0.1, 0.15) is 24.9 Å². The van der Waals surface area contributed by atoms with Crippen molar-refractivity contribution in [1.29, 1.82) is 0 Å². The van der Waals surface area contributed by atoms with Gasteiger partial charge in [0.1, 0.15) is 5.82 Å². The van der Waals surface area contributed by atoms with E-state index >= 15 is 0 Å². The molecule has 0 aliphatic heterocycles. The Labute approximate surface area is 101 Å². The normalized spacial score (nSPS) is 10.7. The maximum atomic E-state index is 4.40. The van der Waals surface area contributed by atoms with Crippen LogP contribution in [-0.2, 0) is 13.0 Å². The molecule has 0 radical (unpaired) electrons. The average Bonchev–Trinajstić information content (AvgIpc) is 2.79. The predicted molar refractivity (Wildman–Crippen MR) is 65.9 cm³/mol. The van der Waals surface area contributed by atoms with Crippen molar-refractivity contribution < 1.29 is 0 Å². The molecule has 2 aromatic rings. The van der Waals surface area contributed by atoms with Crippen LogP contribution in [0.3, 0.4) is 0 Å². The predicted octanol–water partition coefficient (Wildman–Crippen LogP) is 1.33. The van der Waals surface area contributed by atoms with E-state index in [1.807, 2.05) is 17.8 Å². The van der Waals surface area contributed by atoms with Crippen LogP contribution in [0.4, 0.5) is 0 Å². The number of aromatic nitrogens is 4. The van der Waals surface area contributed by atoms with Crippen LogP contribution in [0.25, 0.3) is 5.82 Å². The summed E-state index contributed by atoms with van der Waals surface area (Å²) >= 11 is 0. The van der Waals surface area contributed by atoms with E-state index in [2.05, 4.69) is 27.2 Å². The van der Waals surface area contributed by atoms with Crippen molar-refractivity contribution in [3.63, 3.8) is 0 Å². The summed E-state index contributed by atoms with van der Waals surface area (Å²) in [6.45, 7) is 2.87. The zero-order valence-electron chi connectivity index (χ0n) is 10.2. The second-order valence-corrected chi connectivity index (χ2v) is 3.86. The number of rotatable bonds is 5. The molecule has 2 rings (SSSR count). The highest BCUT2D eigenvalue weighted by Crippen LogP contribution is 2.08. The van der Waals surface area contributed by atoms with Crippen LogP contribution in [-0.4, -0.2) is 26.6 Å². The standard InChI is InChI=1S/C12H17N5/c1-3-4-11-14-5-6-17(11)12-9-15-10(7-13-2)8-16-12/h5-6,8-9,13H,3-4,7H2,1-2H3. The first-order valence-corrected chi connectivity index (χ1v) is 5.83. The smallest absolute Gasteiger partial charge is 0.156 e. The molecule has 0 spiro atoms. The van der Waals surface area contributed by atoms with Gasteiger partial charge in [0.15, 0.2) is 5.82 Å². The zero-order valence-corrected chi connectivity index (χ0v) is 10.2. The Morgan fingerprint density at radius 3 is 2.76 bits per heavy atom. The Balaban J connectivity index is 2.23. The Morgan fingerprint density at radius 2 is 2.12 bits per heavy atom. The second kappa shape index (κ2) is 5.54. The highest BCUT2D eigenvalue weighted by Gasteiger charge is 2.05. The van der Waals surface area contributed by atoms with E-state index in [0.29, 0.717) is 0 Å². The Bertz CT molecular complexity index is 460. The zero-order chi connectivity index (χ0) is 12.1. The van der Waals surface area contributed by atoms with E-state index in [1.165, 1.54) is 0 Å². The van der Waals surface area contributed by atoms with E-state index in [4.69, 9.17) is 0 Å². The van der Waals surface area contributed by atoms with Gasteiger partial charge in [-0.1, -0.05) is 6.92 Å². The molecule has 0 aliphatic rings. The fourth-order valence-corrected chi connectivity index (χ4v) is 1.70. The van der Waals surface area contributed by atoms with Gasteiger partial charge in [-0.15, -0.1) is 0 Å². The number of aryl methyl sites for hydroxylation is 1. The second-order valence-electron chi connectivity index (χ2n) is 3.86. The molecule has 2 aromatic heterocycles. The summed E-state index contributed by atoms with van der Waals surface area (Å²) in [6, 6.07) is 0. The van der Waals surface area contributed by atoms with Crippen LogP contribution in [0.5, 0.6) is 0 Å². The van der Waals surface area contributed by atoms with Crippen LogP contribution in [0.15, 0.2) is 24.8 Å². The maximum Gasteiger partial charge on any atom is 0.156 e. The largest absolute Gasteiger partial charge is 0.314 e. The molecule has 5 nitrogen and oxygen atoms in total. The average molecular weight is 231 g/mol. The summed E-state index contributed by atoms with van der Waals surface area (Å²) in [5, 5.41) is 3.05. The minimum Gasteiger partial charge on any atom is -0.314 e. The van der Waals surface area contributed by atoms with Gasteiger partial charge in [-0.05, 0) is 13.5 Å². The van der Waals surface area contributed by atoms with Crippen molar-refractivity contribution in [2.24, 2.45) is 0 Å². The summed E-state index contributed by atoms with van der Waals surface area (Å²) in [5.41, 5.74) is 0.938. The molecule has 0 unspecified atom stereocenters. The lowest BCUT2D eigenvalue weighted by atomic mass is 10.3. The van der Waals surface area contributed by atoms with Gasteiger partial charge in [0.25, 0.3) is 0 Å². The van der Waals surface area contributed by atoms with Crippen LogP contribution in [0.2, 0.25) is 0 Å². The van der Waals surface area contributed by atoms with E-state index in [1.54, 1.807) is 18.6 Å². The van der Waals surface area contributed by atoms with Gasteiger partial charge in [-0.3, -0.25) is 9.55 Å². The maximum absolute atomic E-state index is 4.40. The first kappa shape index (κ1) is 11.7. The molecule has 0 aromatic carbocycles. The van der Waals surface area contributed by atoms with Crippen LogP contribution < -0.4 is 5.32 Å². The van der Waals surface area contributed by atoms with Gasteiger partial charge in [-0.2, -0.15) is 0 Å². The first-order valence-electron chi connectivity index (χ1n) is 5.83. The fraction of sp³-hybridized carbons (Fsp3) is 0.417. The molecule has 0 bridgehead atoms. The summed E-state index contributed by atoms with van der Waals surface area (Å²) in [7, 11) is 1.89.